The summed E-state index contributed by atoms with van der Waals surface area (Å²) in [4.78, 5) is 15.4. The Morgan fingerprint density at radius 3 is 2.67 bits per heavy atom. The molecule has 4 heteroatoms. The molecule has 112 valence electrons. The molecule has 21 heavy (non-hydrogen) atoms. The van der Waals surface area contributed by atoms with Gasteiger partial charge in [-0.3, -0.25) is 0 Å². The highest BCUT2D eigenvalue weighted by Crippen LogP contribution is 2.54. The van der Waals surface area contributed by atoms with Crippen LogP contribution in [0.25, 0.3) is 0 Å². The molecule has 1 aliphatic carbocycles. The van der Waals surface area contributed by atoms with Crippen LogP contribution in [-0.4, -0.2) is 35.7 Å². The van der Waals surface area contributed by atoms with Gasteiger partial charge in [-0.2, -0.15) is 0 Å². The Labute approximate surface area is 125 Å². The van der Waals surface area contributed by atoms with Gasteiger partial charge in [-0.1, -0.05) is 18.6 Å². The van der Waals surface area contributed by atoms with Crippen molar-refractivity contribution in [2.45, 2.75) is 44.6 Å². The maximum Gasteiger partial charge on any atom is 0.407 e. The predicted octanol–water partition coefficient (Wildman–Crippen LogP) is 3.12. The van der Waals surface area contributed by atoms with E-state index in [0.717, 1.165) is 13.1 Å². The summed E-state index contributed by atoms with van der Waals surface area (Å²) in [5, 5.41) is 9.35. The summed E-state index contributed by atoms with van der Waals surface area (Å²) in [5.74, 6) is 0. The minimum absolute atomic E-state index is 0.393. The summed E-state index contributed by atoms with van der Waals surface area (Å²) in [7, 11) is 0. The van der Waals surface area contributed by atoms with E-state index in [1.807, 2.05) is 0 Å². The summed E-state index contributed by atoms with van der Waals surface area (Å²) >= 11 is 0. The summed E-state index contributed by atoms with van der Waals surface area (Å²) < 4.78 is 0. The molecule has 2 heterocycles. The first-order valence-electron chi connectivity index (χ1n) is 7.96. The Hall–Kier alpha value is -1.71. The van der Waals surface area contributed by atoms with E-state index in [-0.39, 0.29) is 0 Å². The Kier molecular flexibility index (Phi) is 2.72. The van der Waals surface area contributed by atoms with Crippen LogP contribution in [0.2, 0.25) is 0 Å². The van der Waals surface area contributed by atoms with Gasteiger partial charge in [0.25, 0.3) is 0 Å². The number of rotatable bonds is 0. The normalized spacial score (nSPS) is 22.5. The molecule has 1 aromatic carbocycles. The number of nitrogens with zero attached hydrogens (tertiary/aromatic N) is 2. The lowest BCUT2D eigenvalue weighted by Crippen LogP contribution is -2.46. The summed E-state index contributed by atoms with van der Waals surface area (Å²) in [6.45, 7) is 5.27. The zero-order valence-corrected chi connectivity index (χ0v) is 12.6. The van der Waals surface area contributed by atoms with Crippen molar-refractivity contribution in [1.82, 2.24) is 4.90 Å². The van der Waals surface area contributed by atoms with Crippen LogP contribution in [0.3, 0.4) is 0 Å². The number of carbonyl (C=O) groups is 1. The molecule has 3 aliphatic rings. The molecule has 0 atom stereocenters. The van der Waals surface area contributed by atoms with E-state index in [1.165, 1.54) is 48.1 Å². The highest BCUT2D eigenvalue weighted by Gasteiger charge is 2.45. The van der Waals surface area contributed by atoms with Gasteiger partial charge in [-0.05, 0) is 48.3 Å². The van der Waals surface area contributed by atoms with Gasteiger partial charge in [-0.25, -0.2) is 4.79 Å². The van der Waals surface area contributed by atoms with E-state index in [4.69, 9.17) is 0 Å². The number of hydrogen-bond donors (Lipinski definition) is 1. The van der Waals surface area contributed by atoms with Crippen LogP contribution in [0.4, 0.5) is 10.5 Å². The second-order valence-electron chi connectivity index (χ2n) is 6.84. The quantitative estimate of drug-likeness (QED) is 0.797. The molecule has 4 nitrogen and oxygen atoms in total. The van der Waals surface area contributed by atoms with Crippen molar-refractivity contribution >= 4 is 11.8 Å². The van der Waals surface area contributed by atoms with Gasteiger partial charge >= 0.3 is 6.09 Å². The molecule has 4 rings (SSSR count). The average molecular weight is 286 g/mol. The molecule has 0 bridgehead atoms. The Balaban J connectivity index is 1.86. The second kappa shape index (κ2) is 4.39. The Morgan fingerprint density at radius 1 is 1.19 bits per heavy atom. The van der Waals surface area contributed by atoms with E-state index < -0.39 is 6.09 Å². The van der Waals surface area contributed by atoms with Crippen molar-refractivity contribution in [2.75, 3.05) is 24.5 Å². The molecule has 1 amide bonds. The molecule has 2 aliphatic heterocycles. The zero-order chi connectivity index (χ0) is 14.6. The standard InChI is InChI=1S/C17H22N2O2/c1-12-3-4-13-11-19(16(20)21)10-9-18-8-7-17(5-2-6-17)14(12)15(13)18/h3-4H,2,5-11H2,1H3,(H,20,21). The maximum atomic E-state index is 11.4. The molecular formula is C17H22N2O2. The number of fused-ring (bicyclic) bond motifs is 1. The van der Waals surface area contributed by atoms with Crippen molar-refractivity contribution in [2.24, 2.45) is 0 Å². The number of hydrogen-bond acceptors (Lipinski definition) is 2. The first kappa shape index (κ1) is 13.0. The third-order valence-electron chi connectivity index (χ3n) is 5.76. The first-order valence-corrected chi connectivity index (χ1v) is 7.96. The Bertz CT molecular complexity index is 607. The molecule has 0 radical (unpaired) electrons. The van der Waals surface area contributed by atoms with Crippen LogP contribution in [0, 0.1) is 6.92 Å². The molecular weight excluding hydrogens is 264 g/mol. The number of benzene rings is 1. The van der Waals surface area contributed by atoms with Crippen molar-refractivity contribution in [3.05, 3.63) is 28.8 Å². The van der Waals surface area contributed by atoms with E-state index in [9.17, 15) is 9.90 Å². The first-order chi connectivity index (χ1) is 10.1. The van der Waals surface area contributed by atoms with Crippen LogP contribution in [0.5, 0.6) is 0 Å². The van der Waals surface area contributed by atoms with Crippen LogP contribution in [0.1, 0.15) is 42.4 Å². The third kappa shape index (κ3) is 1.78. The van der Waals surface area contributed by atoms with Crippen molar-refractivity contribution in [3.8, 4) is 0 Å². The summed E-state index contributed by atoms with van der Waals surface area (Å²) in [6, 6.07) is 4.34. The van der Waals surface area contributed by atoms with Gasteiger partial charge in [0.15, 0.2) is 0 Å². The van der Waals surface area contributed by atoms with Crippen molar-refractivity contribution < 1.29 is 9.90 Å². The fourth-order valence-corrected chi connectivity index (χ4v) is 4.50. The highest BCUT2D eigenvalue weighted by molar-refractivity contribution is 5.71. The van der Waals surface area contributed by atoms with Gasteiger partial charge in [-0.15, -0.1) is 0 Å². The SMILES string of the molecule is Cc1ccc2c3c1C1(CCC1)CCN3CCN(C(=O)O)C2. The summed E-state index contributed by atoms with van der Waals surface area (Å²) in [5.41, 5.74) is 5.88. The van der Waals surface area contributed by atoms with Crippen molar-refractivity contribution in [1.29, 1.82) is 0 Å². The molecule has 0 saturated heterocycles. The number of anilines is 1. The van der Waals surface area contributed by atoms with E-state index in [2.05, 4.69) is 24.0 Å². The number of carboxylic acid groups (broad SMARTS) is 1. The molecule has 1 fully saturated rings. The number of aryl methyl sites for hydroxylation is 1. The monoisotopic (exact) mass is 286 g/mol. The lowest BCUT2D eigenvalue weighted by molar-refractivity contribution is 0.144. The van der Waals surface area contributed by atoms with Crippen molar-refractivity contribution in [3.63, 3.8) is 0 Å². The van der Waals surface area contributed by atoms with Crippen LogP contribution < -0.4 is 4.90 Å². The van der Waals surface area contributed by atoms with Gasteiger partial charge in [0.2, 0.25) is 0 Å². The summed E-state index contributed by atoms with van der Waals surface area (Å²) in [6.07, 6.45) is 4.38. The fraction of sp³-hybridized carbons (Fsp3) is 0.588. The van der Waals surface area contributed by atoms with E-state index in [1.54, 1.807) is 4.90 Å². The smallest absolute Gasteiger partial charge is 0.407 e. The Morgan fingerprint density at radius 2 is 2.00 bits per heavy atom. The van der Waals surface area contributed by atoms with Gasteiger partial charge in [0.1, 0.15) is 0 Å². The highest BCUT2D eigenvalue weighted by atomic mass is 16.4. The zero-order valence-electron chi connectivity index (χ0n) is 12.6. The topological polar surface area (TPSA) is 43.8 Å². The average Bonchev–Trinajstić information content (AvgIpc) is 2.61. The van der Waals surface area contributed by atoms with Gasteiger partial charge in [0.05, 0.1) is 6.54 Å². The molecule has 0 unspecified atom stereocenters. The van der Waals surface area contributed by atoms with Gasteiger partial charge in [0, 0.05) is 25.3 Å². The van der Waals surface area contributed by atoms with Crippen LogP contribution >= 0.6 is 0 Å². The maximum absolute atomic E-state index is 11.4. The lowest BCUT2D eigenvalue weighted by Gasteiger charge is -2.50. The largest absolute Gasteiger partial charge is 0.465 e. The van der Waals surface area contributed by atoms with E-state index >= 15 is 0 Å². The fourth-order valence-electron chi connectivity index (χ4n) is 4.50. The predicted molar refractivity (Wildman–Crippen MR) is 82.0 cm³/mol. The molecule has 1 saturated carbocycles. The molecule has 1 spiro atoms. The third-order valence-corrected chi connectivity index (χ3v) is 5.76. The van der Waals surface area contributed by atoms with Crippen LogP contribution in [0.15, 0.2) is 12.1 Å². The second-order valence-corrected chi connectivity index (χ2v) is 6.84. The molecule has 1 aromatic rings. The van der Waals surface area contributed by atoms with Crippen LogP contribution in [-0.2, 0) is 12.0 Å². The minimum Gasteiger partial charge on any atom is -0.465 e. The lowest BCUT2D eigenvalue weighted by atomic mass is 9.59. The minimum atomic E-state index is -0.803. The molecule has 0 aromatic heterocycles. The number of amides is 1. The molecule has 1 N–H and O–H groups in total. The van der Waals surface area contributed by atoms with E-state index in [0.29, 0.717) is 18.5 Å². The van der Waals surface area contributed by atoms with Gasteiger partial charge < -0.3 is 14.9 Å².